The Balaban J connectivity index is 1.75. The van der Waals surface area contributed by atoms with Crippen LogP contribution in [-0.2, 0) is 22.4 Å². The zero-order valence-electron chi connectivity index (χ0n) is 21.4. The normalized spacial score (nSPS) is 12.8. The highest BCUT2D eigenvalue weighted by molar-refractivity contribution is 5.99. The highest BCUT2D eigenvalue weighted by Gasteiger charge is 2.32. The maximum absolute atomic E-state index is 13.3. The van der Waals surface area contributed by atoms with E-state index in [4.69, 9.17) is 9.47 Å². The van der Waals surface area contributed by atoms with Gasteiger partial charge in [0.25, 0.3) is 0 Å². The number of carbonyl (C=O) groups excluding carboxylic acids is 2. The summed E-state index contributed by atoms with van der Waals surface area (Å²) in [6.07, 6.45) is 2.44. The second-order valence-electron chi connectivity index (χ2n) is 9.47. The van der Waals surface area contributed by atoms with Gasteiger partial charge in [-0.2, -0.15) is 0 Å². The lowest BCUT2D eigenvalue weighted by Crippen LogP contribution is -2.33. The highest BCUT2D eigenvalue weighted by Crippen LogP contribution is 2.31. The van der Waals surface area contributed by atoms with E-state index in [0.717, 1.165) is 12.8 Å². The summed E-state index contributed by atoms with van der Waals surface area (Å²) < 4.78 is 11.1. The Bertz CT molecular complexity index is 1090. The Morgan fingerprint density at radius 2 is 1.44 bits per heavy atom. The first-order chi connectivity index (χ1) is 17.3. The van der Waals surface area contributed by atoms with Crippen molar-refractivity contribution in [1.82, 2.24) is 4.98 Å². The maximum Gasteiger partial charge on any atom is 0.309 e. The summed E-state index contributed by atoms with van der Waals surface area (Å²) in [6.45, 7) is 5.69. The largest absolute Gasteiger partial charge is 0.503 e. The Labute approximate surface area is 213 Å². The molecular formula is C30H35NO5. The topological polar surface area (TPSA) is 85.7 Å². The van der Waals surface area contributed by atoms with E-state index in [9.17, 15) is 14.7 Å². The zero-order valence-corrected chi connectivity index (χ0v) is 21.4. The molecule has 0 radical (unpaired) electrons. The van der Waals surface area contributed by atoms with Crippen molar-refractivity contribution in [2.24, 2.45) is 17.8 Å². The number of aromatic nitrogens is 1. The van der Waals surface area contributed by atoms with Gasteiger partial charge in [0.1, 0.15) is 6.10 Å². The molecule has 1 heterocycles. The first-order valence-corrected chi connectivity index (χ1v) is 12.3. The predicted octanol–water partition coefficient (Wildman–Crippen LogP) is 5.67. The number of Topliss-reactive ketones (excluding diaryl/α,β-unsaturated/α-hetero) is 1. The van der Waals surface area contributed by atoms with Crippen molar-refractivity contribution in [1.29, 1.82) is 0 Å². The standard InChI is InChI=1S/C30H35NO5/c1-20(2)25(19-26(32)28-29(33)27(35-4)15-16-31-28)30(34)36-21(3)24(17-22-11-7-5-8-12-22)18-23-13-9-6-10-14-23/h5-16,20-21,24-25,33H,17-19H2,1-4H3/t21?,25-/m0/s1. The van der Waals surface area contributed by atoms with E-state index in [-0.39, 0.29) is 41.6 Å². The molecule has 0 aliphatic heterocycles. The summed E-state index contributed by atoms with van der Waals surface area (Å²) in [4.78, 5) is 30.3. The number of ketones is 1. The fourth-order valence-corrected chi connectivity index (χ4v) is 4.30. The lowest BCUT2D eigenvalue weighted by Gasteiger charge is -2.27. The molecule has 6 heteroatoms. The summed E-state index contributed by atoms with van der Waals surface area (Å²) in [6, 6.07) is 21.8. The third-order valence-corrected chi connectivity index (χ3v) is 6.53. The molecule has 1 aromatic heterocycles. The molecular weight excluding hydrogens is 454 g/mol. The van der Waals surface area contributed by atoms with Crippen LogP contribution in [0.15, 0.2) is 72.9 Å². The van der Waals surface area contributed by atoms with Gasteiger partial charge >= 0.3 is 5.97 Å². The molecule has 0 saturated carbocycles. The van der Waals surface area contributed by atoms with Gasteiger partial charge < -0.3 is 14.6 Å². The van der Waals surface area contributed by atoms with Crippen LogP contribution in [0.2, 0.25) is 0 Å². The molecule has 190 valence electrons. The number of rotatable bonds is 12. The van der Waals surface area contributed by atoms with Gasteiger partial charge in [-0.25, -0.2) is 4.98 Å². The second-order valence-corrected chi connectivity index (χ2v) is 9.47. The Morgan fingerprint density at radius 3 is 1.94 bits per heavy atom. The highest BCUT2D eigenvalue weighted by atomic mass is 16.5. The van der Waals surface area contributed by atoms with Crippen LogP contribution in [0.3, 0.4) is 0 Å². The van der Waals surface area contributed by atoms with Crippen molar-refractivity contribution in [3.05, 3.63) is 89.7 Å². The molecule has 1 N–H and O–H groups in total. The van der Waals surface area contributed by atoms with Crippen LogP contribution in [0.25, 0.3) is 0 Å². The molecule has 0 bridgehead atoms. The molecule has 2 atom stereocenters. The van der Waals surface area contributed by atoms with Gasteiger partial charge in [-0.05, 0) is 36.8 Å². The van der Waals surface area contributed by atoms with Crippen molar-refractivity contribution < 1.29 is 24.2 Å². The van der Waals surface area contributed by atoms with Crippen molar-refractivity contribution in [3.8, 4) is 11.5 Å². The number of pyridine rings is 1. The molecule has 2 aromatic carbocycles. The lowest BCUT2D eigenvalue weighted by atomic mass is 9.87. The van der Waals surface area contributed by atoms with Crippen LogP contribution in [0.4, 0.5) is 0 Å². The number of aromatic hydroxyl groups is 1. The van der Waals surface area contributed by atoms with Crippen molar-refractivity contribution >= 4 is 11.8 Å². The molecule has 0 spiro atoms. The third kappa shape index (κ3) is 7.17. The van der Waals surface area contributed by atoms with E-state index in [1.165, 1.54) is 30.5 Å². The van der Waals surface area contributed by atoms with E-state index in [2.05, 4.69) is 29.2 Å². The summed E-state index contributed by atoms with van der Waals surface area (Å²) in [7, 11) is 1.40. The molecule has 1 unspecified atom stereocenters. The number of ether oxygens (including phenoxy) is 2. The number of hydrogen-bond donors (Lipinski definition) is 1. The summed E-state index contributed by atoms with van der Waals surface area (Å²) >= 11 is 0. The van der Waals surface area contributed by atoms with Crippen molar-refractivity contribution in [2.45, 2.75) is 46.1 Å². The first-order valence-electron chi connectivity index (χ1n) is 12.3. The van der Waals surface area contributed by atoms with E-state index in [0.29, 0.717) is 0 Å². The van der Waals surface area contributed by atoms with Crippen LogP contribution >= 0.6 is 0 Å². The second kappa shape index (κ2) is 12.9. The molecule has 3 aromatic rings. The maximum atomic E-state index is 13.3. The number of methoxy groups -OCH3 is 1. The first kappa shape index (κ1) is 26.9. The quantitative estimate of drug-likeness (QED) is 0.260. The monoisotopic (exact) mass is 489 g/mol. The summed E-state index contributed by atoms with van der Waals surface area (Å²) in [5.74, 6) is -1.74. The van der Waals surface area contributed by atoms with Crippen LogP contribution < -0.4 is 4.74 Å². The summed E-state index contributed by atoms with van der Waals surface area (Å²) in [5.41, 5.74) is 2.25. The molecule has 6 nitrogen and oxygen atoms in total. The van der Waals surface area contributed by atoms with Crippen molar-refractivity contribution in [3.63, 3.8) is 0 Å². The number of benzene rings is 2. The zero-order chi connectivity index (χ0) is 26.1. The van der Waals surface area contributed by atoms with Gasteiger partial charge in [0.05, 0.1) is 13.0 Å². The van der Waals surface area contributed by atoms with Gasteiger partial charge in [0.2, 0.25) is 0 Å². The molecule has 0 saturated heterocycles. The van der Waals surface area contributed by atoms with Gasteiger partial charge in [0, 0.05) is 24.6 Å². The van der Waals surface area contributed by atoms with Gasteiger partial charge in [-0.1, -0.05) is 74.5 Å². The molecule has 0 aliphatic carbocycles. The predicted molar refractivity (Wildman–Crippen MR) is 139 cm³/mol. The van der Waals surface area contributed by atoms with Crippen LogP contribution in [-0.4, -0.2) is 35.1 Å². The van der Waals surface area contributed by atoms with Gasteiger partial charge in [0.15, 0.2) is 23.0 Å². The lowest BCUT2D eigenvalue weighted by molar-refractivity contribution is -0.157. The molecule has 36 heavy (non-hydrogen) atoms. The number of esters is 1. The van der Waals surface area contributed by atoms with E-state index >= 15 is 0 Å². The number of carbonyl (C=O) groups is 2. The Morgan fingerprint density at radius 1 is 0.889 bits per heavy atom. The fourth-order valence-electron chi connectivity index (χ4n) is 4.30. The molecule has 0 aliphatic rings. The van der Waals surface area contributed by atoms with Gasteiger partial charge in [-0.3, -0.25) is 9.59 Å². The SMILES string of the molecule is COc1ccnc(C(=O)C[C@H](C(=O)OC(C)C(Cc2ccccc2)Cc2ccccc2)C(C)C)c1O. The van der Waals surface area contributed by atoms with E-state index in [1.807, 2.05) is 57.2 Å². The smallest absolute Gasteiger partial charge is 0.309 e. The summed E-state index contributed by atoms with van der Waals surface area (Å²) in [5, 5.41) is 10.3. The minimum atomic E-state index is -0.665. The third-order valence-electron chi connectivity index (χ3n) is 6.53. The molecule has 0 amide bonds. The average Bonchev–Trinajstić information content (AvgIpc) is 2.87. The van der Waals surface area contributed by atoms with E-state index < -0.39 is 17.7 Å². The molecule has 0 fully saturated rings. The van der Waals surface area contributed by atoms with Crippen LogP contribution in [0.1, 0.15) is 48.8 Å². The fraction of sp³-hybridized carbons (Fsp3) is 0.367. The molecule has 3 rings (SSSR count). The van der Waals surface area contributed by atoms with Crippen molar-refractivity contribution in [2.75, 3.05) is 7.11 Å². The Hall–Kier alpha value is -3.67. The van der Waals surface area contributed by atoms with Crippen LogP contribution in [0.5, 0.6) is 11.5 Å². The van der Waals surface area contributed by atoms with E-state index in [1.54, 1.807) is 0 Å². The van der Waals surface area contributed by atoms with Crippen LogP contribution in [0, 0.1) is 17.8 Å². The minimum Gasteiger partial charge on any atom is -0.503 e. The average molecular weight is 490 g/mol. The number of hydrogen-bond acceptors (Lipinski definition) is 6. The van der Waals surface area contributed by atoms with Gasteiger partial charge in [-0.15, -0.1) is 0 Å². The minimum absolute atomic E-state index is 0.0614. The Kier molecular flexibility index (Phi) is 9.62. The number of nitrogens with zero attached hydrogens (tertiary/aromatic N) is 1.